The third-order valence-electron chi connectivity index (χ3n) is 8.16. The van der Waals surface area contributed by atoms with Crippen LogP contribution in [0.3, 0.4) is 0 Å². The van der Waals surface area contributed by atoms with E-state index >= 15 is 0 Å². The van der Waals surface area contributed by atoms with Gasteiger partial charge in [0.25, 0.3) is 5.91 Å². The predicted molar refractivity (Wildman–Crippen MR) is 130 cm³/mol. The molecule has 3 amide bonds. The van der Waals surface area contributed by atoms with Crippen molar-refractivity contribution in [3.05, 3.63) is 65.2 Å². The standard InChI is InChI=1S/C28H31N3O4/c32-26-12-11-24(27(33)29-26)31-17-20-15-21(9-10-22(20)28(31)34)35-25-8-4-7-23(25)30-14-13-19(16-30)18-5-2-1-3-6-18/h1-3,5-6,9-10,15,19,23-25H,4,7-8,11-14,16-17H2,(H,29,32,33)/t19-,23+,24?,25-/m1/s1. The van der Waals surface area contributed by atoms with Crippen LogP contribution in [-0.2, 0) is 16.1 Å². The fourth-order valence-electron chi connectivity index (χ4n) is 6.35. The number of rotatable bonds is 5. The van der Waals surface area contributed by atoms with Crippen molar-refractivity contribution in [1.82, 2.24) is 15.1 Å². The quantitative estimate of drug-likeness (QED) is 0.675. The number of hydrogen-bond acceptors (Lipinski definition) is 5. The van der Waals surface area contributed by atoms with Crippen molar-refractivity contribution < 1.29 is 19.1 Å². The van der Waals surface area contributed by atoms with Gasteiger partial charge in [0.1, 0.15) is 17.9 Å². The van der Waals surface area contributed by atoms with Gasteiger partial charge in [0.05, 0.1) is 0 Å². The Hall–Kier alpha value is -3.19. The maximum atomic E-state index is 13.0. The number of carbonyl (C=O) groups excluding carboxylic acids is 3. The number of likely N-dealkylation sites (tertiary alicyclic amines) is 1. The molecule has 2 saturated heterocycles. The van der Waals surface area contributed by atoms with Gasteiger partial charge >= 0.3 is 0 Å². The molecule has 7 nitrogen and oxygen atoms in total. The highest BCUT2D eigenvalue weighted by Gasteiger charge is 2.40. The minimum atomic E-state index is -0.594. The number of ether oxygens (including phenoxy) is 1. The minimum Gasteiger partial charge on any atom is -0.489 e. The lowest BCUT2D eigenvalue weighted by Crippen LogP contribution is -2.52. The van der Waals surface area contributed by atoms with E-state index in [-0.39, 0.29) is 30.2 Å². The number of nitrogens with one attached hydrogen (secondary N) is 1. The fourth-order valence-corrected chi connectivity index (χ4v) is 6.35. The molecule has 0 bridgehead atoms. The Morgan fingerprint density at radius 2 is 1.80 bits per heavy atom. The SMILES string of the molecule is O=C1CCC(N2Cc3cc(O[C@@H]4CCC[C@@H]4N4CC[C@@H](c5ccccc5)C4)ccc3C2=O)C(=O)N1. The topological polar surface area (TPSA) is 79.0 Å². The normalized spacial score (nSPS) is 28.9. The van der Waals surface area contributed by atoms with E-state index in [9.17, 15) is 14.4 Å². The first-order valence-corrected chi connectivity index (χ1v) is 12.8. The number of benzene rings is 2. The van der Waals surface area contributed by atoms with Crippen molar-refractivity contribution >= 4 is 17.7 Å². The van der Waals surface area contributed by atoms with Crippen molar-refractivity contribution in [1.29, 1.82) is 0 Å². The lowest BCUT2D eigenvalue weighted by atomic mass is 9.99. The first-order chi connectivity index (χ1) is 17.1. The average Bonchev–Trinajstić information content (AvgIpc) is 3.59. The highest BCUT2D eigenvalue weighted by molar-refractivity contribution is 6.05. The van der Waals surface area contributed by atoms with E-state index < -0.39 is 6.04 Å². The van der Waals surface area contributed by atoms with Crippen LogP contribution < -0.4 is 10.1 Å². The number of piperidine rings is 1. The fraction of sp³-hybridized carbons (Fsp3) is 0.464. The summed E-state index contributed by atoms with van der Waals surface area (Å²) < 4.78 is 6.52. The second-order valence-corrected chi connectivity index (χ2v) is 10.3. The summed E-state index contributed by atoms with van der Waals surface area (Å²) in [5.41, 5.74) is 2.93. The van der Waals surface area contributed by atoms with Crippen LogP contribution in [0.2, 0.25) is 0 Å². The van der Waals surface area contributed by atoms with Crippen molar-refractivity contribution in [3.8, 4) is 5.75 Å². The van der Waals surface area contributed by atoms with E-state index in [4.69, 9.17) is 4.74 Å². The molecule has 1 unspecified atom stereocenters. The van der Waals surface area contributed by atoms with Gasteiger partial charge in [0.2, 0.25) is 11.8 Å². The van der Waals surface area contributed by atoms with E-state index in [2.05, 4.69) is 40.5 Å². The van der Waals surface area contributed by atoms with Crippen LogP contribution in [0.4, 0.5) is 0 Å². The Balaban J connectivity index is 1.12. The first-order valence-electron chi connectivity index (χ1n) is 12.8. The molecule has 0 aromatic heterocycles. The summed E-state index contributed by atoms with van der Waals surface area (Å²) in [6.45, 7) is 2.55. The molecule has 0 radical (unpaired) electrons. The summed E-state index contributed by atoms with van der Waals surface area (Å²) in [6, 6.07) is 16.3. The monoisotopic (exact) mass is 473 g/mol. The largest absolute Gasteiger partial charge is 0.489 e. The van der Waals surface area contributed by atoms with Gasteiger partial charge in [-0.2, -0.15) is 0 Å². The number of nitrogens with zero attached hydrogens (tertiary/aromatic N) is 2. The maximum absolute atomic E-state index is 13.0. The van der Waals surface area contributed by atoms with Gasteiger partial charge in [0.15, 0.2) is 0 Å². The molecule has 3 aliphatic heterocycles. The van der Waals surface area contributed by atoms with E-state index in [0.717, 1.165) is 43.7 Å². The molecular formula is C28H31N3O4. The molecule has 4 atom stereocenters. The molecule has 7 heteroatoms. The minimum absolute atomic E-state index is 0.144. The van der Waals surface area contributed by atoms with Gasteiger partial charge in [-0.1, -0.05) is 30.3 Å². The Morgan fingerprint density at radius 3 is 2.63 bits per heavy atom. The van der Waals surface area contributed by atoms with Crippen LogP contribution in [0.25, 0.3) is 0 Å². The van der Waals surface area contributed by atoms with Gasteiger partial charge in [-0.3, -0.25) is 24.6 Å². The van der Waals surface area contributed by atoms with Crippen LogP contribution in [-0.4, -0.2) is 58.8 Å². The molecule has 0 spiro atoms. The summed E-state index contributed by atoms with van der Waals surface area (Å²) in [5, 5.41) is 2.36. The molecule has 4 aliphatic rings. The van der Waals surface area contributed by atoms with Gasteiger partial charge in [-0.05, 0) is 73.9 Å². The third kappa shape index (κ3) is 4.22. The highest BCUT2D eigenvalue weighted by atomic mass is 16.5. The molecule has 3 heterocycles. The lowest BCUT2D eigenvalue weighted by molar-refractivity contribution is -0.136. The average molecular weight is 474 g/mol. The van der Waals surface area contributed by atoms with Crippen molar-refractivity contribution in [2.45, 2.75) is 69.2 Å². The maximum Gasteiger partial charge on any atom is 0.255 e. The Kier molecular flexibility index (Phi) is 5.80. The molecule has 1 saturated carbocycles. The van der Waals surface area contributed by atoms with Crippen LogP contribution in [0.1, 0.15) is 65.9 Å². The summed E-state index contributed by atoms with van der Waals surface area (Å²) in [5.74, 6) is 0.570. The highest BCUT2D eigenvalue weighted by Crippen LogP contribution is 2.36. The van der Waals surface area contributed by atoms with E-state index in [1.54, 1.807) is 4.90 Å². The molecule has 2 aromatic carbocycles. The van der Waals surface area contributed by atoms with Crippen molar-refractivity contribution in [3.63, 3.8) is 0 Å². The second-order valence-electron chi connectivity index (χ2n) is 10.3. The summed E-state index contributed by atoms with van der Waals surface area (Å²) in [4.78, 5) is 41.0. The van der Waals surface area contributed by atoms with Crippen molar-refractivity contribution in [2.75, 3.05) is 13.1 Å². The van der Waals surface area contributed by atoms with Gasteiger partial charge in [-0.25, -0.2) is 0 Å². The zero-order valence-corrected chi connectivity index (χ0v) is 19.8. The second kappa shape index (κ2) is 9.11. The predicted octanol–water partition coefficient (Wildman–Crippen LogP) is 3.24. The van der Waals surface area contributed by atoms with Gasteiger partial charge in [-0.15, -0.1) is 0 Å². The summed E-state index contributed by atoms with van der Waals surface area (Å²) >= 11 is 0. The summed E-state index contributed by atoms with van der Waals surface area (Å²) in [6.07, 6.45) is 5.31. The smallest absolute Gasteiger partial charge is 0.255 e. The Morgan fingerprint density at radius 1 is 0.943 bits per heavy atom. The molecule has 6 rings (SSSR count). The molecule has 182 valence electrons. The zero-order valence-electron chi connectivity index (χ0n) is 19.8. The number of fused-ring (bicyclic) bond motifs is 1. The number of amides is 3. The molecule has 3 fully saturated rings. The first kappa shape index (κ1) is 22.3. The third-order valence-corrected chi connectivity index (χ3v) is 8.16. The molecule has 1 N–H and O–H groups in total. The number of imide groups is 1. The van der Waals surface area contributed by atoms with Gasteiger partial charge < -0.3 is 9.64 Å². The van der Waals surface area contributed by atoms with Gasteiger partial charge in [0, 0.05) is 31.1 Å². The van der Waals surface area contributed by atoms with E-state index in [1.165, 1.54) is 12.0 Å². The molecule has 1 aliphatic carbocycles. The van der Waals surface area contributed by atoms with Crippen LogP contribution in [0.5, 0.6) is 5.75 Å². The number of hydrogen-bond donors (Lipinski definition) is 1. The summed E-state index contributed by atoms with van der Waals surface area (Å²) in [7, 11) is 0. The zero-order chi connectivity index (χ0) is 23.9. The van der Waals surface area contributed by atoms with Crippen LogP contribution >= 0.6 is 0 Å². The molecule has 35 heavy (non-hydrogen) atoms. The Bertz CT molecular complexity index is 1150. The Labute approximate surface area is 205 Å². The lowest BCUT2D eigenvalue weighted by Gasteiger charge is -2.30. The number of carbonyl (C=O) groups is 3. The van der Waals surface area contributed by atoms with Crippen molar-refractivity contribution in [2.24, 2.45) is 0 Å². The van der Waals surface area contributed by atoms with Crippen LogP contribution in [0, 0.1) is 0 Å². The van der Waals surface area contributed by atoms with E-state index in [1.807, 2.05) is 18.2 Å². The molecular weight excluding hydrogens is 442 g/mol. The molecule has 2 aromatic rings. The van der Waals surface area contributed by atoms with Crippen LogP contribution in [0.15, 0.2) is 48.5 Å². The van der Waals surface area contributed by atoms with E-state index in [0.29, 0.717) is 30.5 Å².